The summed E-state index contributed by atoms with van der Waals surface area (Å²) < 4.78 is 11.8. The average molecular weight is 480 g/mol. The highest BCUT2D eigenvalue weighted by molar-refractivity contribution is 9.10. The number of phenols is 1. The van der Waals surface area contributed by atoms with Gasteiger partial charge >= 0.3 is 0 Å². The summed E-state index contributed by atoms with van der Waals surface area (Å²) in [4.78, 5) is 15.0. The molecule has 1 aliphatic rings. The molecule has 0 saturated carbocycles. The molecule has 5 nitrogen and oxygen atoms in total. The number of amides is 1. The fourth-order valence-electron chi connectivity index (χ4n) is 2.63. The van der Waals surface area contributed by atoms with Crippen molar-refractivity contribution in [3.05, 3.63) is 56.9 Å². The quantitative estimate of drug-likeness (QED) is 0.466. The molecule has 0 radical (unpaired) electrons. The molecule has 0 bridgehead atoms. The van der Waals surface area contributed by atoms with Crippen molar-refractivity contribution in [2.24, 2.45) is 0 Å². The number of halogens is 1. The first-order chi connectivity index (χ1) is 13.4. The van der Waals surface area contributed by atoms with E-state index in [1.165, 1.54) is 11.8 Å². The van der Waals surface area contributed by atoms with Gasteiger partial charge in [0.15, 0.2) is 11.5 Å². The van der Waals surface area contributed by atoms with Gasteiger partial charge in [-0.05, 0) is 48.4 Å². The van der Waals surface area contributed by atoms with E-state index in [9.17, 15) is 9.90 Å². The molecule has 2 aromatic rings. The second kappa shape index (κ2) is 8.98. The molecule has 2 aromatic carbocycles. The molecule has 0 spiro atoms. The first-order valence-electron chi connectivity index (χ1n) is 8.46. The van der Waals surface area contributed by atoms with Crippen molar-refractivity contribution in [2.45, 2.75) is 13.5 Å². The molecule has 28 heavy (non-hydrogen) atoms. The number of rotatable bonds is 6. The van der Waals surface area contributed by atoms with Crippen LogP contribution in [0.1, 0.15) is 18.1 Å². The monoisotopic (exact) mass is 479 g/mol. The number of benzene rings is 2. The SMILES string of the molecule is CCOc1cc(C=C2SC(=S)N(Cc3ccc(OC)cc3)C2=O)c(Br)cc1O. The summed E-state index contributed by atoms with van der Waals surface area (Å²) in [5, 5.41) is 9.96. The van der Waals surface area contributed by atoms with Crippen molar-refractivity contribution < 1.29 is 19.4 Å². The zero-order valence-electron chi connectivity index (χ0n) is 15.3. The van der Waals surface area contributed by atoms with Gasteiger partial charge < -0.3 is 14.6 Å². The molecular formula is C20H18BrNO4S2. The zero-order chi connectivity index (χ0) is 20.3. The lowest BCUT2D eigenvalue weighted by atomic mass is 10.1. The number of aromatic hydroxyl groups is 1. The van der Waals surface area contributed by atoms with E-state index in [-0.39, 0.29) is 11.7 Å². The maximum Gasteiger partial charge on any atom is 0.266 e. The molecule has 1 amide bonds. The Bertz CT molecular complexity index is 944. The van der Waals surface area contributed by atoms with Crippen molar-refractivity contribution in [2.75, 3.05) is 13.7 Å². The molecule has 0 unspecified atom stereocenters. The van der Waals surface area contributed by atoms with Crippen LogP contribution in [0.15, 0.2) is 45.8 Å². The van der Waals surface area contributed by atoms with E-state index < -0.39 is 0 Å². The topological polar surface area (TPSA) is 59.0 Å². The van der Waals surface area contributed by atoms with Gasteiger partial charge in [0, 0.05) is 4.47 Å². The highest BCUT2D eigenvalue weighted by atomic mass is 79.9. The van der Waals surface area contributed by atoms with Gasteiger partial charge in [0.05, 0.1) is 25.2 Å². The minimum Gasteiger partial charge on any atom is -0.504 e. The third kappa shape index (κ3) is 4.51. The molecule has 0 aromatic heterocycles. The average Bonchev–Trinajstić information content (AvgIpc) is 2.93. The van der Waals surface area contributed by atoms with E-state index in [1.807, 2.05) is 31.2 Å². The number of hydrogen-bond acceptors (Lipinski definition) is 6. The highest BCUT2D eigenvalue weighted by Gasteiger charge is 2.32. The predicted octanol–water partition coefficient (Wildman–Crippen LogP) is 4.96. The van der Waals surface area contributed by atoms with Crippen molar-refractivity contribution in [3.8, 4) is 17.2 Å². The minimum atomic E-state index is -0.149. The Hall–Kier alpha value is -2.03. The van der Waals surface area contributed by atoms with E-state index in [1.54, 1.807) is 30.2 Å². The van der Waals surface area contributed by atoms with Crippen molar-refractivity contribution in [1.29, 1.82) is 0 Å². The maximum absolute atomic E-state index is 12.9. The summed E-state index contributed by atoms with van der Waals surface area (Å²) in [6, 6.07) is 10.8. The van der Waals surface area contributed by atoms with Gasteiger partial charge in [-0.25, -0.2) is 0 Å². The van der Waals surface area contributed by atoms with Gasteiger partial charge in [-0.2, -0.15) is 0 Å². The number of phenolic OH excluding ortho intramolecular Hbond substituents is 1. The van der Waals surface area contributed by atoms with Crippen LogP contribution in [-0.2, 0) is 11.3 Å². The van der Waals surface area contributed by atoms with Crippen molar-refractivity contribution in [3.63, 3.8) is 0 Å². The Morgan fingerprint density at radius 3 is 2.64 bits per heavy atom. The number of carbonyl (C=O) groups is 1. The predicted molar refractivity (Wildman–Crippen MR) is 119 cm³/mol. The summed E-state index contributed by atoms with van der Waals surface area (Å²) in [5.74, 6) is 1.02. The van der Waals surface area contributed by atoms with Crippen LogP contribution in [0.5, 0.6) is 17.2 Å². The molecule has 8 heteroatoms. The van der Waals surface area contributed by atoms with Crippen molar-refractivity contribution >= 4 is 56.2 Å². The Morgan fingerprint density at radius 2 is 2.00 bits per heavy atom. The van der Waals surface area contributed by atoms with Gasteiger partial charge in [0.2, 0.25) is 0 Å². The van der Waals surface area contributed by atoms with Gasteiger partial charge in [0.25, 0.3) is 5.91 Å². The molecule has 1 aliphatic heterocycles. The van der Waals surface area contributed by atoms with Crippen LogP contribution in [0.4, 0.5) is 0 Å². The number of ether oxygens (including phenoxy) is 2. The molecule has 1 heterocycles. The Kier molecular flexibility index (Phi) is 6.64. The van der Waals surface area contributed by atoms with Crippen molar-refractivity contribution in [1.82, 2.24) is 4.90 Å². The van der Waals surface area contributed by atoms with E-state index in [4.69, 9.17) is 21.7 Å². The fraction of sp³-hybridized carbons (Fsp3) is 0.200. The van der Waals surface area contributed by atoms with E-state index in [0.717, 1.165) is 16.9 Å². The van der Waals surface area contributed by atoms with Crippen LogP contribution in [0, 0.1) is 0 Å². The van der Waals surface area contributed by atoms with Gasteiger partial charge in [0.1, 0.15) is 10.1 Å². The molecule has 146 valence electrons. The van der Waals surface area contributed by atoms with Crippen LogP contribution >= 0.6 is 39.9 Å². The summed E-state index contributed by atoms with van der Waals surface area (Å²) in [6.07, 6.45) is 1.75. The Labute approximate surface area is 181 Å². The third-order valence-electron chi connectivity index (χ3n) is 4.04. The largest absolute Gasteiger partial charge is 0.504 e. The molecule has 0 aliphatic carbocycles. The lowest BCUT2D eigenvalue weighted by Gasteiger charge is -2.14. The zero-order valence-corrected chi connectivity index (χ0v) is 18.5. The van der Waals surface area contributed by atoms with E-state index in [0.29, 0.717) is 32.6 Å². The number of thiocarbonyl (C=S) groups is 1. The molecular weight excluding hydrogens is 462 g/mol. The standard InChI is InChI=1S/C20H18BrNO4S2/c1-3-26-17-8-13(15(21)10-16(17)23)9-18-19(24)22(20(27)28-18)11-12-4-6-14(25-2)7-5-12/h4-10,23H,3,11H2,1-2H3. The molecule has 3 rings (SSSR count). The van der Waals surface area contributed by atoms with Gasteiger partial charge in [-0.15, -0.1) is 0 Å². The first kappa shape index (κ1) is 20.7. The minimum absolute atomic E-state index is 0.0397. The lowest BCUT2D eigenvalue weighted by molar-refractivity contribution is -0.122. The van der Waals surface area contributed by atoms with Crippen LogP contribution in [0.25, 0.3) is 6.08 Å². The number of thioether (sulfide) groups is 1. The smallest absolute Gasteiger partial charge is 0.266 e. The second-order valence-electron chi connectivity index (χ2n) is 5.89. The molecule has 1 fully saturated rings. The highest BCUT2D eigenvalue weighted by Crippen LogP contribution is 2.38. The van der Waals surface area contributed by atoms with Gasteiger partial charge in [-0.3, -0.25) is 9.69 Å². The third-order valence-corrected chi connectivity index (χ3v) is 6.10. The summed E-state index contributed by atoms with van der Waals surface area (Å²) in [6.45, 7) is 2.66. The first-order valence-corrected chi connectivity index (χ1v) is 10.5. The van der Waals surface area contributed by atoms with E-state index >= 15 is 0 Å². The number of nitrogens with zero attached hydrogens (tertiary/aromatic N) is 1. The van der Waals surface area contributed by atoms with E-state index in [2.05, 4.69) is 15.9 Å². The summed E-state index contributed by atoms with van der Waals surface area (Å²) in [7, 11) is 1.61. The lowest BCUT2D eigenvalue weighted by Crippen LogP contribution is -2.27. The van der Waals surface area contributed by atoms with Gasteiger partial charge in [-0.1, -0.05) is 52.0 Å². The molecule has 1 N–H and O–H groups in total. The summed E-state index contributed by atoms with van der Waals surface area (Å²) >= 11 is 10.1. The molecule has 1 saturated heterocycles. The number of methoxy groups -OCH3 is 1. The number of hydrogen-bond donors (Lipinski definition) is 1. The number of carbonyl (C=O) groups excluding carboxylic acids is 1. The second-order valence-corrected chi connectivity index (χ2v) is 8.42. The van der Waals surface area contributed by atoms with Crippen LogP contribution in [0.3, 0.4) is 0 Å². The summed E-state index contributed by atoms with van der Waals surface area (Å²) in [5.41, 5.74) is 1.69. The molecule has 0 atom stereocenters. The fourth-order valence-corrected chi connectivity index (χ4v) is 4.32. The van der Waals surface area contributed by atoms with Crippen LogP contribution in [-0.4, -0.2) is 34.0 Å². The maximum atomic E-state index is 12.9. The van der Waals surface area contributed by atoms with Crippen LogP contribution in [0.2, 0.25) is 0 Å². The Morgan fingerprint density at radius 1 is 1.29 bits per heavy atom. The normalized spacial score (nSPS) is 15.4. The Balaban J connectivity index is 1.83. The van der Waals surface area contributed by atoms with Crippen LogP contribution < -0.4 is 9.47 Å².